The Morgan fingerprint density at radius 3 is 2.32 bits per heavy atom. The van der Waals surface area contributed by atoms with E-state index in [2.05, 4.69) is 6.92 Å². The molecule has 0 heterocycles. The Kier molecular flexibility index (Phi) is 13.4. The van der Waals surface area contributed by atoms with Gasteiger partial charge in [0.2, 0.25) is 0 Å². The minimum absolute atomic E-state index is 0.112. The molecule has 0 aromatic heterocycles. The number of ether oxygens (including phenoxy) is 3. The van der Waals surface area contributed by atoms with Crippen LogP contribution in [0.2, 0.25) is 0 Å². The second-order valence-corrected chi connectivity index (χ2v) is 4.92. The number of hydrogen-bond acceptors (Lipinski definition) is 4. The Labute approximate surface area is 117 Å². The van der Waals surface area contributed by atoms with Crippen LogP contribution >= 0.6 is 0 Å². The van der Waals surface area contributed by atoms with E-state index in [1.165, 1.54) is 19.3 Å². The summed E-state index contributed by atoms with van der Waals surface area (Å²) < 4.78 is 15.7. The molecule has 0 N–H and O–H groups in total. The van der Waals surface area contributed by atoms with Gasteiger partial charge in [-0.3, -0.25) is 4.79 Å². The van der Waals surface area contributed by atoms with Crippen molar-refractivity contribution in [2.75, 3.05) is 26.4 Å². The predicted molar refractivity (Wildman–Crippen MR) is 76.2 cm³/mol. The lowest BCUT2D eigenvalue weighted by Gasteiger charge is -2.08. The molecule has 0 unspecified atom stereocenters. The minimum Gasteiger partial charge on any atom is -0.463 e. The molecule has 0 aliphatic carbocycles. The zero-order valence-electron chi connectivity index (χ0n) is 12.8. The van der Waals surface area contributed by atoms with Crippen LogP contribution in [0, 0.1) is 0 Å². The fourth-order valence-corrected chi connectivity index (χ4v) is 1.60. The molecule has 0 saturated carbocycles. The molecule has 4 nitrogen and oxygen atoms in total. The number of unbranched alkanes of at least 4 members (excludes halogenated alkanes) is 4. The first-order valence-electron chi connectivity index (χ1n) is 7.51. The summed E-state index contributed by atoms with van der Waals surface area (Å²) in [6.45, 7) is 8.08. The van der Waals surface area contributed by atoms with Gasteiger partial charge in [0.15, 0.2) is 0 Å². The highest BCUT2D eigenvalue weighted by Crippen LogP contribution is 2.05. The van der Waals surface area contributed by atoms with Crippen molar-refractivity contribution in [2.45, 2.75) is 65.4 Å². The van der Waals surface area contributed by atoms with Gasteiger partial charge in [0.1, 0.15) is 6.61 Å². The van der Waals surface area contributed by atoms with E-state index in [1.54, 1.807) is 0 Å². The normalized spacial score (nSPS) is 10.9. The SMILES string of the molecule is CCCCCCCC(=O)OCCOCCOC(C)C. The number of carbonyl (C=O) groups excluding carboxylic acids is 1. The summed E-state index contributed by atoms with van der Waals surface area (Å²) in [5.74, 6) is -0.112. The number of carbonyl (C=O) groups is 1. The molecule has 0 aliphatic heterocycles. The Morgan fingerprint density at radius 1 is 0.947 bits per heavy atom. The summed E-state index contributed by atoms with van der Waals surface area (Å²) in [6, 6.07) is 0. The molecule has 0 bridgehead atoms. The minimum atomic E-state index is -0.112. The van der Waals surface area contributed by atoms with Gasteiger partial charge < -0.3 is 14.2 Å². The molecule has 0 fully saturated rings. The van der Waals surface area contributed by atoms with E-state index in [0.29, 0.717) is 32.8 Å². The Bertz CT molecular complexity index is 204. The average Bonchev–Trinajstić information content (AvgIpc) is 2.37. The largest absolute Gasteiger partial charge is 0.463 e. The van der Waals surface area contributed by atoms with Gasteiger partial charge in [-0.2, -0.15) is 0 Å². The maximum atomic E-state index is 11.4. The van der Waals surface area contributed by atoms with Gasteiger partial charge in [0.05, 0.1) is 25.9 Å². The van der Waals surface area contributed by atoms with E-state index in [-0.39, 0.29) is 12.1 Å². The second-order valence-electron chi connectivity index (χ2n) is 4.92. The van der Waals surface area contributed by atoms with Crippen LogP contribution in [-0.2, 0) is 19.0 Å². The summed E-state index contributed by atoms with van der Waals surface area (Å²) >= 11 is 0. The van der Waals surface area contributed by atoms with Crippen LogP contribution in [0.1, 0.15) is 59.3 Å². The molecule has 0 aromatic carbocycles. The quantitative estimate of drug-likeness (QED) is 0.382. The molecule has 0 spiro atoms. The van der Waals surface area contributed by atoms with Crippen molar-refractivity contribution in [3.63, 3.8) is 0 Å². The molecule has 0 radical (unpaired) electrons. The number of esters is 1. The van der Waals surface area contributed by atoms with E-state index in [4.69, 9.17) is 14.2 Å². The first-order valence-corrected chi connectivity index (χ1v) is 7.51. The van der Waals surface area contributed by atoms with E-state index in [1.807, 2.05) is 13.8 Å². The molecule has 19 heavy (non-hydrogen) atoms. The van der Waals surface area contributed by atoms with E-state index < -0.39 is 0 Å². The highest BCUT2D eigenvalue weighted by molar-refractivity contribution is 5.69. The van der Waals surface area contributed by atoms with Crippen LogP contribution in [0.4, 0.5) is 0 Å². The third-order valence-corrected chi connectivity index (χ3v) is 2.65. The van der Waals surface area contributed by atoms with Gasteiger partial charge in [-0.15, -0.1) is 0 Å². The fraction of sp³-hybridized carbons (Fsp3) is 0.933. The van der Waals surface area contributed by atoms with Crippen LogP contribution < -0.4 is 0 Å². The van der Waals surface area contributed by atoms with Gasteiger partial charge in [-0.05, 0) is 20.3 Å². The summed E-state index contributed by atoms with van der Waals surface area (Å²) in [5.41, 5.74) is 0. The van der Waals surface area contributed by atoms with Crippen molar-refractivity contribution in [3.05, 3.63) is 0 Å². The van der Waals surface area contributed by atoms with Crippen molar-refractivity contribution in [1.29, 1.82) is 0 Å². The summed E-state index contributed by atoms with van der Waals surface area (Å²) in [5, 5.41) is 0. The molecule has 4 heteroatoms. The van der Waals surface area contributed by atoms with Crippen molar-refractivity contribution >= 4 is 5.97 Å². The van der Waals surface area contributed by atoms with Crippen LogP contribution in [0.15, 0.2) is 0 Å². The third kappa shape index (κ3) is 15.3. The lowest BCUT2D eigenvalue weighted by atomic mass is 10.1. The average molecular weight is 274 g/mol. The summed E-state index contributed by atoms with van der Waals surface area (Å²) in [6.07, 6.45) is 6.50. The van der Waals surface area contributed by atoms with Crippen LogP contribution in [-0.4, -0.2) is 38.5 Å². The Morgan fingerprint density at radius 2 is 1.63 bits per heavy atom. The molecule has 0 saturated heterocycles. The number of rotatable bonds is 13. The van der Waals surface area contributed by atoms with Crippen LogP contribution in [0.5, 0.6) is 0 Å². The zero-order chi connectivity index (χ0) is 14.3. The fourth-order valence-electron chi connectivity index (χ4n) is 1.60. The topological polar surface area (TPSA) is 44.8 Å². The molecule has 114 valence electrons. The highest BCUT2D eigenvalue weighted by Gasteiger charge is 2.02. The first-order chi connectivity index (χ1) is 9.16. The standard InChI is InChI=1S/C15H30O4/c1-4-5-6-7-8-9-15(16)19-13-11-17-10-12-18-14(2)3/h14H,4-13H2,1-3H3. The molecular weight excluding hydrogens is 244 g/mol. The smallest absolute Gasteiger partial charge is 0.305 e. The van der Waals surface area contributed by atoms with E-state index >= 15 is 0 Å². The summed E-state index contributed by atoms with van der Waals surface area (Å²) in [7, 11) is 0. The molecular formula is C15H30O4. The molecule has 0 amide bonds. The second kappa shape index (κ2) is 13.8. The van der Waals surface area contributed by atoms with Gasteiger partial charge in [0, 0.05) is 6.42 Å². The van der Waals surface area contributed by atoms with Gasteiger partial charge in [-0.1, -0.05) is 32.6 Å². The van der Waals surface area contributed by atoms with Crippen molar-refractivity contribution in [1.82, 2.24) is 0 Å². The Hall–Kier alpha value is -0.610. The lowest BCUT2D eigenvalue weighted by Crippen LogP contribution is -2.14. The monoisotopic (exact) mass is 274 g/mol. The van der Waals surface area contributed by atoms with Gasteiger partial charge in [-0.25, -0.2) is 0 Å². The van der Waals surface area contributed by atoms with Crippen LogP contribution in [0.3, 0.4) is 0 Å². The molecule has 0 aliphatic rings. The summed E-state index contributed by atoms with van der Waals surface area (Å²) in [4.78, 5) is 11.4. The Balaban J connectivity index is 3.16. The van der Waals surface area contributed by atoms with Crippen molar-refractivity contribution in [3.8, 4) is 0 Å². The van der Waals surface area contributed by atoms with Crippen molar-refractivity contribution < 1.29 is 19.0 Å². The molecule has 0 atom stereocenters. The van der Waals surface area contributed by atoms with E-state index in [0.717, 1.165) is 12.8 Å². The maximum Gasteiger partial charge on any atom is 0.305 e. The van der Waals surface area contributed by atoms with Gasteiger partial charge in [0.25, 0.3) is 0 Å². The van der Waals surface area contributed by atoms with Crippen molar-refractivity contribution in [2.24, 2.45) is 0 Å². The van der Waals surface area contributed by atoms with E-state index in [9.17, 15) is 4.79 Å². The third-order valence-electron chi connectivity index (χ3n) is 2.65. The number of hydrogen-bond donors (Lipinski definition) is 0. The van der Waals surface area contributed by atoms with Gasteiger partial charge >= 0.3 is 5.97 Å². The maximum absolute atomic E-state index is 11.4. The first kappa shape index (κ1) is 18.4. The molecule has 0 aromatic rings. The predicted octanol–water partition coefficient (Wildman–Crippen LogP) is 3.33. The molecule has 0 rings (SSSR count). The zero-order valence-corrected chi connectivity index (χ0v) is 12.8. The lowest BCUT2D eigenvalue weighted by molar-refractivity contribution is -0.145. The highest BCUT2D eigenvalue weighted by atomic mass is 16.6. The van der Waals surface area contributed by atoms with Crippen LogP contribution in [0.25, 0.3) is 0 Å².